The monoisotopic (exact) mass is 568 g/mol. The van der Waals surface area contributed by atoms with Gasteiger partial charge >= 0.3 is 0 Å². The first-order chi connectivity index (χ1) is 19.6. The van der Waals surface area contributed by atoms with Crippen molar-refractivity contribution in [3.63, 3.8) is 0 Å². The van der Waals surface area contributed by atoms with Crippen LogP contribution in [-0.2, 0) is 0 Å². The van der Waals surface area contributed by atoms with E-state index in [4.69, 9.17) is 0 Å². The van der Waals surface area contributed by atoms with E-state index in [2.05, 4.69) is 154 Å². The van der Waals surface area contributed by atoms with E-state index in [0.29, 0.717) is 5.92 Å². The summed E-state index contributed by atoms with van der Waals surface area (Å²) < 4.78 is 0. The van der Waals surface area contributed by atoms with Crippen LogP contribution in [0.25, 0.3) is 0 Å². The maximum Gasteiger partial charge on any atom is 0.0729 e. The molecule has 2 heteroatoms. The summed E-state index contributed by atoms with van der Waals surface area (Å²) in [5.41, 5.74) is 8.73. The zero-order valence-corrected chi connectivity index (χ0v) is 27.9. The molecule has 0 saturated heterocycles. The highest BCUT2D eigenvalue weighted by Gasteiger charge is 2.34. The second kappa shape index (κ2) is 16.1. The fraction of sp³-hybridized carbons (Fsp3) is 0.450. The zero-order valence-electron chi connectivity index (χ0n) is 27.9. The lowest BCUT2D eigenvalue weighted by molar-refractivity contribution is 0.116. The summed E-state index contributed by atoms with van der Waals surface area (Å²) in [5.74, 6) is 0.348. The lowest BCUT2D eigenvalue weighted by atomic mass is 9.67. The minimum absolute atomic E-state index is 0.00528. The lowest BCUT2D eigenvalue weighted by Crippen LogP contribution is -2.32. The molecule has 42 heavy (non-hydrogen) atoms. The molecule has 0 saturated carbocycles. The first-order valence-electron chi connectivity index (χ1n) is 15.4. The van der Waals surface area contributed by atoms with Crippen LogP contribution in [0, 0.1) is 16.7 Å². The van der Waals surface area contributed by atoms with Gasteiger partial charge in [-0.2, -0.15) is 0 Å². The molecular formula is C40H56O2. The summed E-state index contributed by atoms with van der Waals surface area (Å²) in [4.78, 5) is 0. The van der Waals surface area contributed by atoms with E-state index >= 15 is 0 Å². The van der Waals surface area contributed by atoms with Crippen molar-refractivity contribution in [2.75, 3.05) is 0 Å². The molecule has 0 unspecified atom stereocenters. The Bertz CT molecular complexity index is 1270. The first kappa shape index (κ1) is 35.3. The highest BCUT2D eigenvalue weighted by atomic mass is 16.3. The molecule has 0 aromatic heterocycles. The van der Waals surface area contributed by atoms with Crippen LogP contribution >= 0.6 is 0 Å². The van der Waals surface area contributed by atoms with Crippen LogP contribution in [0.3, 0.4) is 0 Å². The fourth-order valence-electron chi connectivity index (χ4n) is 6.14. The topological polar surface area (TPSA) is 40.5 Å². The summed E-state index contributed by atoms with van der Waals surface area (Å²) in [6.45, 7) is 21.6. The summed E-state index contributed by atoms with van der Waals surface area (Å²) >= 11 is 0. The highest BCUT2D eigenvalue weighted by Crippen LogP contribution is 2.42. The lowest BCUT2D eigenvalue weighted by Gasteiger charge is -2.38. The first-order valence-corrected chi connectivity index (χ1v) is 15.4. The van der Waals surface area contributed by atoms with Gasteiger partial charge in [0.15, 0.2) is 0 Å². The van der Waals surface area contributed by atoms with Crippen molar-refractivity contribution in [3.8, 4) is 0 Å². The number of aliphatic hydroxyl groups excluding tert-OH is 2. The van der Waals surface area contributed by atoms with Gasteiger partial charge in [-0.15, -0.1) is 0 Å². The third kappa shape index (κ3) is 11.7. The third-order valence-corrected chi connectivity index (χ3v) is 8.33. The van der Waals surface area contributed by atoms with Crippen molar-refractivity contribution in [3.05, 3.63) is 130 Å². The predicted molar refractivity (Wildman–Crippen MR) is 184 cm³/mol. The Morgan fingerprint density at radius 1 is 0.714 bits per heavy atom. The smallest absolute Gasteiger partial charge is 0.0729 e. The van der Waals surface area contributed by atoms with Crippen LogP contribution in [0.4, 0.5) is 0 Å². The van der Waals surface area contributed by atoms with Crippen molar-refractivity contribution in [2.24, 2.45) is 16.7 Å². The van der Waals surface area contributed by atoms with Crippen LogP contribution < -0.4 is 0 Å². The molecule has 2 aliphatic carbocycles. The molecule has 0 aliphatic heterocycles. The van der Waals surface area contributed by atoms with Gasteiger partial charge in [-0.1, -0.05) is 152 Å². The molecule has 0 radical (unpaired) electrons. The van der Waals surface area contributed by atoms with Crippen molar-refractivity contribution >= 4 is 0 Å². The Hall–Kier alpha value is -2.94. The zero-order chi connectivity index (χ0) is 31.5. The summed E-state index contributed by atoms with van der Waals surface area (Å²) in [7, 11) is 0. The van der Waals surface area contributed by atoms with E-state index in [-0.39, 0.29) is 23.0 Å². The molecule has 0 bridgehead atoms. The summed E-state index contributed by atoms with van der Waals surface area (Å²) in [6.07, 6.45) is 33.8. The molecule has 0 spiro atoms. The Morgan fingerprint density at radius 2 is 1.21 bits per heavy atom. The Kier molecular flexibility index (Phi) is 13.5. The van der Waals surface area contributed by atoms with Gasteiger partial charge in [0.1, 0.15) is 0 Å². The molecule has 0 aromatic rings. The number of allylic oxidation sites excluding steroid dienone is 20. The molecule has 0 heterocycles. The third-order valence-electron chi connectivity index (χ3n) is 8.33. The summed E-state index contributed by atoms with van der Waals surface area (Å²) in [6, 6.07) is 0. The maximum atomic E-state index is 10.1. The predicted octanol–water partition coefficient (Wildman–Crippen LogP) is 10.4. The number of aliphatic hydroxyl groups is 2. The Labute approximate surface area is 257 Å². The number of hydrogen-bond donors (Lipinski definition) is 2. The largest absolute Gasteiger partial charge is 0.393 e. The SMILES string of the molecule is CC1=C[C@H](O)CC(C)(C)[C@H]1C=C/C(C)=C/C=C/C(C)=C/C=C/C=C(C)/C=C/C=C(C)/C=C/C1=C(C)C[C@@H](O)CC1(C)C. The van der Waals surface area contributed by atoms with E-state index in [1.165, 1.54) is 39.0 Å². The van der Waals surface area contributed by atoms with Crippen LogP contribution in [0.2, 0.25) is 0 Å². The molecule has 2 nitrogen and oxygen atoms in total. The van der Waals surface area contributed by atoms with Crippen LogP contribution in [0.5, 0.6) is 0 Å². The fourth-order valence-corrected chi connectivity index (χ4v) is 6.14. The molecule has 2 rings (SSSR count). The van der Waals surface area contributed by atoms with Crippen LogP contribution in [0.15, 0.2) is 130 Å². The van der Waals surface area contributed by atoms with Crippen molar-refractivity contribution in [2.45, 2.75) is 101 Å². The molecule has 2 N–H and O–H groups in total. The van der Waals surface area contributed by atoms with Crippen LogP contribution in [-0.4, -0.2) is 22.4 Å². The Morgan fingerprint density at radius 3 is 1.74 bits per heavy atom. The van der Waals surface area contributed by atoms with Gasteiger partial charge in [-0.3, -0.25) is 0 Å². The van der Waals surface area contributed by atoms with E-state index in [0.717, 1.165) is 19.3 Å². The second-order valence-electron chi connectivity index (χ2n) is 13.7. The normalized spacial score (nSPS) is 26.6. The van der Waals surface area contributed by atoms with Gasteiger partial charge < -0.3 is 10.2 Å². The van der Waals surface area contributed by atoms with Crippen molar-refractivity contribution in [1.82, 2.24) is 0 Å². The number of hydrogen-bond acceptors (Lipinski definition) is 2. The minimum atomic E-state index is -0.331. The average molecular weight is 569 g/mol. The molecule has 0 aromatic carbocycles. The minimum Gasteiger partial charge on any atom is -0.393 e. The molecule has 3 atom stereocenters. The molecule has 0 amide bonds. The standard InChI is InChI=1S/C40H56O2/c1-29(17-13-19-31(3)21-23-37-33(5)25-35(41)27-39(37,7)8)15-11-12-16-30(2)18-14-20-32(4)22-24-38-34(6)26-36(42)28-40(38,9)10/h11-25,35-37,41-42H,26-28H2,1-10H3/b12-11+,17-13+,18-14+,23-21?,24-22+,29-15+,30-16+,31-19+,32-20+/t35-,36+,37-/m0/s1. The molecule has 2 aliphatic rings. The van der Waals surface area contributed by atoms with Gasteiger partial charge in [-0.05, 0) is 77.2 Å². The quantitative estimate of drug-likeness (QED) is 0.203. The van der Waals surface area contributed by atoms with Gasteiger partial charge in [0, 0.05) is 5.92 Å². The van der Waals surface area contributed by atoms with Gasteiger partial charge in [0.05, 0.1) is 12.2 Å². The number of rotatable bonds is 10. The average Bonchev–Trinajstić information content (AvgIpc) is 2.84. The van der Waals surface area contributed by atoms with Crippen molar-refractivity contribution < 1.29 is 10.2 Å². The van der Waals surface area contributed by atoms with E-state index in [9.17, 15) is 10.2 Å². The van der Waals surface area contributed by atoms with Gasteiger partial charge in [-0.25, -0.2) is 0 Å². The van der Waals surface area contributed by atoms with E-state index < -0.39 is 0 Å². The molecular weight excluding hydrogens is 512 g/mol. The maximum absolute atomic E-state index is 10.1. The molecule has 0 fully saturated rings. The van der Waals surface area contributed by atoms with Gasteiger partial charge in [0.2, 0.25) is 0 Å². The highest BCUT2D eigenvalue weighted by molar-refractivity contribution is 5.38. The van der Waals surface area contributed by atoms with Crippen molar-refractivity contribution in [1.29, 1.82) is 0 Å². The van der Waals surface area contributed by atoms with E-state index in [1.807, 2.05) is 6.08 Å². The second-order valence-corrected chi connectivity index (χ2v) is 13.7. The molecule has 228 valence electrons. The Balaban J connectivity index is 1.90. The van der Waals surface area contributed by atoms with Gasteiger partial charge in [0.25, 0.3) is 0 Å². The van der Waals surface area contributed by atoms with Crippen LogP contribution in [0.1, 0.15) is 88.5 Å². The summed E-state index contributed by atoms with van der Waals surface area (Å²) in [5, 5.41) is 20.2. The van der Waals surface area contributed by atoms with E-state index in [1.54, 1.807) is 0 Å².